The fourth-order valence-electron chi connectivity index (χ4n) is 3.67. The molecule has 0 aliphatic rings. The fraction of sp³-hybridized carbons (Fsp3) is 0.391. The van der Waals surface area contributed by atoms with Crippen molar-refractivity contribution < 1.29 is 8.78 Å². The molecule has 33 heavy (non-hydrogen) atoms. The minimum Gasteiger partial charge on any atom is -0.264 e. The number of nitrogens with one attached hydrogen (secondary N) is 1. The average Bonchev–Trinajstić information content (AvgIpc) is 3.49. The van der Waals surface area contributed by atoms with Crippen LogP contribution in [0.5, 0.6) is 0 Å². The third kappa shape index (κ3) is 5.10. The number of pyridine rings is 1. The van der Waals surface area contributed by atoms with Crippen molar-refractivity contribution in [1.29, 1.82) is 0 Å². The average molecular weight is 453 g/mol. The van der Waals surface area contributed by atoms with Crippen molar-refractivity contribution in [2.24, 2.45) is 0 Å². The van der Waals surface area contributed by atoms with Crippen LogP contribution in [0.1, 0.15) is 56.7 Å². The van der Waals surface area contributed by atoms with Gasteiger partial charge in [-0.15, -0.1) is 10.2 Å². The number of unbranched alkanes of at least 4 members (excludes halogenated alkanes) is 1. The Kier molecular flexibility index (Phi) is 6.81. The van der Waals surface area contributed by atoms with Gasteiger partial charge in [0.15, 0.2) is 5.82 Å². The summed E-state index contributed by atoms with van der Waals surface area (Å²) in [7, 11) is 0. The molecule has 4 aromatic rings. The summed E-state index contributed by atoms with van der Waals surface area (Å²) in [6, 6.07) is 9.81. The predicted octanol–water partition coefficient (Wildman–Crippen LogP) is 4.80. The van der Waals surface area contributed by atoms with Crippen LogP contribution in [0.4, 0.5) is 8.78 Å². The summed E-state index contributed by atoms with van der Waals surface area (Å²) in [6.07, 6.45) is 5.76. The van der Waals surface area contributed by atoms with E-state index in [2.05, 4.69) is 42.6 Å². The maximum absolute atomic E-state index is 14.4. The van der Waals surface area contributed by atoms with Gasteiger partial charge in [-0.1, -0.05) is 44.5 Å². The van der Waals surface area contributed by atoms with E-state index >= 15 is 0 Å². The SMILES string of the molecule is CCCCn1nc(C(F)(F)CCC)nc1Cc1ccc(-c2ccncc2-c2nnn[nH]2)cc1. The summed E-state index contributed by atoms with van der Waals surface area (Å²) in [6.45, 7) is 4.37. The van der Waals surface area contributed by atoms with E-state index in [-0.39, 0.29) is 12.2 Å². The number of H-pyrrole nitrogens is 1. The van der Waals surface area contributed by atoms with Crippen molar-refractivity contribution in [3.05, 3.63) is 59.9 Å². The van der Waals surface area contributed by atoms with Crippen LogP contribution in [0, 0.1) is 0 Å². The number of hydrogen-bond acceptors (Lipinski definition) is 6. The Morgan fingerprint density at radius 3 is 2.55 bits per heavy atom. The molecular weight excluding hydrogens is 426 g/mol. The van der Waals surface area contributed by atoms with E-state index in [4.69, 9.17) is 0 Å². The van der Waals surface area contributed by atoms with Crippen LogP contribution in [0.15, 0.2) is 42.7 Å². The Hall–Kier alpha value is -3.56. The summed E-state index contributed by atoms with van der Waals surface area (Å²) in [5.74, 6) is -2.31. The molecule has 1 aromatic carbocycles. The Bertz CT molecular complexity index is 1170. The molecule has 0 saturated carbocycles. The molecule has 0 spiro atoms. The van der Waals surface area contributed by atoms with E-state index in [0.29, 0.717) is 31.0 Å². The molecule has 10 heteroatoms. The van der Waals surface area contributed by atoms with Crippen LogP contribution in [-0.4, -0.2) is 40.4 Å². The highest BCUT2D eigenvalue weighted by Gasteiger charge is 2.36. The summed E-state index contributed by atoms with van der Waals surface area (Å²) < 4.78 is 30.5. The van der Waals surface area contributed by atoms with Gasteiger partial charge < -0.3 is 0 Å². The molecule has 1 N–H and O–H groups in total. The number of halogens is 2. The first-order valence-electron chi connectivity index (χ1n) is 11.1. The second-order valence-electron chi connectivity index (χ2n) is 7.93. The maximum atomic E-state index is 14.4. The topological polar surface area (TPSA) is 98.1 Å². The molecule has 0 atom stereocenters. The van der Waals surface area contributed by atoms with Crippen molar-refractivity contribution in [3.8, 4) is 22.5 Å². The lowest BCUT2D eigenvalue weighted by atomic mass is 9.99. The zero-order valence-corrected chi connectivity index (χ0v) is 18.7. The summed E-state index contributed by atoms with van der Waals surface area (Å²) >= 11 is 0. The molecule has 3 aromatic heterocycles. The first-order valence-corrected chi connectivity index (χ1v) is 11.1. The van der Waals surface area contributed by atoms with Crippen molar-refractivity contribution in [2.45, 2.75) is 58.4 Å². The van der Waals surface area contributed by atoms with Gasteiger partial charge in [-0.05, 0) is 46.0 Å². The van der Waals surface area contributed by atoms with Gasteiger partial charge in [0.25, 0.3) is 0 Å². The number of hydrogen-bond donors (Lipinski definition) is 1. The van der Waals surface area contributed by atoms with Gasteiger partial charge in [-0.2, -0.15) is 8.78 Å². The van der Waals surface area contributed by atoms with E-state index in [0.717, 1.165) is 35.1 Å². The van der Waals surface area contributed by atoms with E-state index in [1.54, 1.807) is 24.0 Å². The lowest BCUT2D eigenvalue weighted by Gasteiger charge is -2.10. The van der Waals surface area contributed by atoms with Crippen LogP contribution in [0.25, 0.3) is 22.5 Å². The Balaban J connectivity index is 1.59. The number of benzene rings is 1. The Morgan fingerprint density at radius 1 is 1.03 bits per heavy atom. The molecule has 0 unspecified atom stereocenters. The second-order valence-corrected chi connectivity index (χ2v) is 7.93. The minimum atomic E-state index is -3.02. The van der Waals surface area contributed by atoms with Crippen LogP contribution < -0.4 is 0 Å². The Morgan fingerprint density at radius 2 is 1.85 bits per heavy atom. The number of tetrazole rings is 1. The van der Waals surface area contributed by atoms with Gasteiger partial charge in [0.2, 0.25) is 5.82 Å². The monoisotopic (exact) mass is 452 g/mol. The first-order chi connectivity index (χ1) is 16.0. The second kappa shape index (κ2) is 9.93. The molecule has 172 valence electrons. The molecule has 0 radical (unpaired) electrons. The number of alkyl halides is 2. The highest BCUT2D eigenvalue weighted by atomic mass is 19.3. The van der Waals surface area contributed by atoms with Gasteiger partial charge in [0, 0.05) is 37.3 Å². The third-order valence-electron chi connectivity index (χ3n) is 5.41. The summed E-state index contributed by atoms with van der Waals surface area (Å²) in [5.41, 5.74) is 3.65. The van der Waals surface area contributed by atoms with Crippen molar-refractivity contribution in [3.63, 3.8) is 0 Å². The zero-order valence-electron chi connectivity index (χ0n) is 18.7. The van der Waals surface area contributed by atoms with Crippen LogP contribution in [0.2, 0.25) is 0 Å². The molecule has 4 rings (SSSR count). The number of rotatable bonds is 10. The molecule has 0 saturated heterocycles. The summed E-state index contributed by atoms with van der Waals surface area (Å²) in [5, 5.41) is 18.2. The molecule has 8 nitrogen and oxygen atoms in total. The Labute approximate surface area is 190 Å². The largest absolute Gasteiger partial charge is 0.308 e. The number of aryl methyl sites for hydroxylation is 1. The van der Waals surface area contributed by atoms with Gasteiger partial charge in [0.05, 0.1) is 0 Å². The normalized spacial score (nSPS) is 11.8. The third-order valence-corrected chi connectivity index (χ3v) is 5.41. The quantitative estimate of drug-likeness (QED) is 0.371. The van der Waals surface area contributed by atoms with Gasteiger partial charge in [-0.3, -0.25) is 4.98 Å². The number of nitrogens with zero attached hydrogens (tertiary/aromatic N) is 7. The molecule has 3 heterocycles. The highest BCUT2D eigenvalue weighted by Crippen LogP contribution is 2.32. The van der Waals surface area contributed by atoms with Crippen LogP contribution in [-0.2, 0) is 18.9 Å². The molecule has 0 fully saturated rings. The zero-order chi connectivity index (χ0) is 23.3. The smallest absolute Gasteiger partial charge is 0.264 e. The molecule has 0 aliphatic heterocycles. The molecule has 0 amide bonds. The van der Waals surface area contributed by atoms with Crippen molar-refractivity contribution >= 4 is 0 Å². The summed E-state index contributed by atoms with van der Waals surface area (Å²) in [4.78, 5) is 8.42. The fourth-order valence-corrected chi connectivity index (χ4v) is 3.67. The van der Waals surface area contributed by atoms with E-state index < -0.39 is 5.92 Å². The molecule has 0 bridgehead atoms. The van der Waals surface area contributed by atoms with Crippen LogP contribution in [0.3, 0.4) is 0 Å². The van der Waals surface area contributed by atoms with Gasteiger partial charge >= 0.3 is 5.92 Å². The van der Waals surface area contributed by atoms with Gasteiger partial charge in [0.1, 0.15) is 5.82 Å². The van der Waals surface area contributed by atoms with Crippen molar-refractivity contribution in [2.75, 3.05) is 0 Å². The maximum Gasteiger partial charge on any atom is 0.308 e. The van der Waals surface area contributed by atoms with E-state index in [1.807, 2.05) is 30.3 Å². The van der Waals surface area contributed by atoms with Gasteiger partial charge in [-0.25, -0.2) is 14.8 Å². The highest BCUT2D eigenvalue weighted by molar-refractivity contribution is 5.79. The minimum absolute atomic E-state index is 0.256. The number of aromatic nitrogens is 8. The predicted molar refractivity (Wildman–Crippen MR) is 119 cm³/mol. The van der Waals surface area contributed by atoms with E-state index in [1.165, 1.54) is 0 Å². The standard InChI is InChI=1S/C23H26F2N8/c1-3-5-13-33-20(27-22(30-33)23(24,25)11-4-2)14-16-6-8-17(9-7-16)18-10-12-26-15-19(18)21-28-31-32-29-21/h6-10,12,15H,3-5,11,13-14H2,1-2H3,(H,28,29,31,32). The lowest BCUT2D eigenvalue weighted by molar-refractivity contribution is -0.0232. The first kappa shape index (κ1) is 22.6. The molecular formula is C23H26F2N8. The van der Waals surface area contributed by atoms with Crippen LogP contribution >= 0.6 is 0 Å². The number of aromatic amines is 1. The lowest BCUT2D eigenvalue weighted by Crippen LogP contribution is -2.15. The van der Waals surface area contributed by atoms with Crippen molar-refractivity contribution in [1.82, 2.24) is 40.4 Å². The van der Waals surface area contributed by atoms with E-state index in [9.17, 15) is 8.78 Å². The molecule has 0 aliphatic carbocycles.